The smallest absolute Gasteiger partial charge is 0.316 e. The maximum absolute atomic E-state index is 13.8. The first-order chi connectivity index (χ1) is 10.1. The Kier molecular flexibility index (Phi) is 5.27. The van der Waals surface area contributed by atoms with Crippen LogP contribution in [0.4, 0.5) is 10.1 Å². The van der Waals surface area contributed by atoms with Gasteiger partial charge in [0.05, 0.1) is 5.69 Å². The number of anilines is 1. The molecular formula is C15H20FN3O2. The molecule has 0 aliphatic carbocycles. The molecular weight excluding hydrogens is 273 g/mol. The first-order valence-corrected chi connectivity index (χ1v) is 7.21. The lowest BCUT2D eigenvalue weighted by Gasteiger charge is -2.25. The van der Waals surface area contributed by atoms with Crippen LogP contribution in [-0.2, 0) is 9.59 Å². The van der Waals surface area contributed by atoms with E-state index in [2.05, 4.69) is 5.32 Å². The Bertz CT molecular complexity index is 513. The third-order valence-corrected chi connectivity index (χ3v) is 3.51. The van der Waals surface area contributed by atoms with Crippen molar-refractivity contribution in [3.05, 3.63) is 30.1 Å². The number of nitrogens with zero attached hydrogens (tertiary/aromatic N) is 2. The normalized spacial score (nSPS) is 15.4. The Morgan fingerprint density at radius 3 is 2.76 bits per heavy atom. The Morgan fingerprint density at radius 2 is 2.05 bits per heavy atom. The SMILES string of the molecule is CCN(C(=O)C(=O)N1CCCNCC1)c1ccccc1F. The number of nitrogens with one attached hydrogen (secondary N) is 1. The van der Waals surface area contributed by atoms with Crippen molar-refractivity contribution < 1.29 is 14.0 Å². The number of carbonyl (C=O) groups is 2. The monoisotopic (exact) mass is 293 g/mol. The van der Waals surface area contributed by atoms with Gasteiger partial charge in [-0.1, -0.05) is 12.1 Å². The fraction of sp³-hybridized carbons (Fsp3) is 0.467. The molecule has 2 rings (SSSR count). The molecule has 1 aliphatic rings. The second-order valence-corrected chi connectivity index (χ2v) is 4.90. The number of benzene rings is 1. The molecule has 1 aromatic rings. The Hall–Kier alpha value is -1.95. The van der Waals surface area contributed by atoms with Crippen LogP contribution in [0, 0.1) is 5.82 Å². The molecule has 6 heteroatoms. The standard InChI is InChI=1S/C15H20FN3O2/c1-2-19(13-7-4-3-6-12(13)16)15(21)14(20)18-10-5-8-17-9-11-18/h3-4,6-7,17H,2,5,8-11H2,1H3. The number of likely N-dealkylation sites (N-methyl/N-ethyl adjacent to an activating group) is 1. The highest BCUT2D eigenvalue weighted by Crippen LogP contribution is 2.19. The highest BCUT2D eigenvalue weighted by molar-refractivity contribution is 6.40. The molecule has 114 valence electrons. The van der Waals surface area contributed by atoms with Crippen molar-refractivity contribution in [3.8, 4) is 0 Å². The molecule has 1 aliphatic heterocycles. The van der Waals surface area contributed by atoms with Gasteiger partial charge < -0.3 is 15.1 Å². The van der Waals surface area contributed by atoms with Gasteiger partial charge in [0.2, 0.25) is 0 Å². The van der Waals surface area contributed by atoms with Gasteiger partial charge in [-0.25, -0.2) is 4.39 Å². The van der Waals surface area contributed by atoms with Gasteiger partial charge in [0.15, 0.2) is 0 Å². The second-order valence-electron chi connectivity index (χ2n) is 4.90. The van der Waals surface area contributed by atoms with Crippen molar-refractivity contribution in [1.29, 1.82) is 0 Å². The van der Waals surface area contributed by atoms with Crippen LogP contribution in [0.2, 0.25) is 0 Å². The Balaban J connectivity index is 2.16. The van der Waals surface area contributed by atoms with Crippen molar-refractivity contribution in [1.82, 2.24) is 10.2 Å². The molecule has 2 amide bonds. The molecule has 0 atom stereocenters. The number of carbonyl (C=O) groups excluding carboxylic acids is 2. The van der Waals surface area contributed by atoms with E-state index in [0.717, 1.165) is 13.0 Å². The van der Waals surface area contributed by atoms with Gasteiger partial charge in [-0.3, -0.25) is 9.59 Å². The summed E-state index contributed by atoms with van der Waals surface area (Å²) in [5.41, 5.74) is 0.145. The molecule has 5 nitrogen and oxygen atoms in total. The quantitative estimate of drug-likeness (QED) is 0.828. The van der Waals surface area contributed by atoms with Crippen LogP contribution in [-0.4, -0.2) is 49.4 Å². The molecule has 0 radical (unpaired) electrons. The number of amides is 2. The summed E-state index contributed by atoms with van der Waals surface area (Å²) in [6, 6.07) is 5.99. The summed E-state index contributed by atoms with van der Waals surface area (Å²) in [7, 11) is 0. The van der Waals surface area contributed by atoms with Crippen LogP contribution < -0.4 is 10.2 Å². The summed E-state index contributed by atoms with van der Waals surface area (Å²) in [5, 5.41) is 3.18. The Labute approximate surface area is 123 Å². The minimum atomic E-state index is -0.676. The summed E-state index contributed by atoms with van der Waals surface area (Å²) in [6.07, 6.45) is 0.810. The average Bonchev–Trinajstić information content (AvgIpc) is 2.78. The lowest BCUT2D eigenvalue weighted by molar-refractivity contribution is -0.144. The van der Waals surface area contributed by atoms with Crippen LogP contribution in [0.15, 0.2) is 24.3 Å². The third-order valence-electron chi connectivity index (χ3n) is 3.51. The minimum Gasteiger partial charge on any atom is -0.333 e. The van der Waals surface area contributed by atoms with E-state index in [-0.39, 0.29) is 12.2 Å². The zero-order valence-electron chi connectivity index (χ0n) is 12.1. The molecule has 0 aromatic heterocycles. The predicted octanol–water partition coefficient (Wildman–Crippen LogP) is 1.00. The van der Waals surface area contributed by atoms with E-state index in [0.29, 0.717) is 19.6 Å². The van der Waals surface area contributed by atoms with E-state index in [4.69, 9.17) is 0 Å². The molecule has 0 unspecified atom stereocenters. The van der Waals surface area contributed by atoms with Crippen LogP contribution in [0.3, 0.4) is 0 Å². The molecule has 1 aromatic carbocycles. The average molecular weight is 293 g/mol. The highest BCUT2D eigenvalue weighted by atomic mass is 19.1. The van der Waals surface area contributed by atoms with Crippen molar-refractivity contribution in [3.63, 3.8) is 0 Å². The van der Waals surface area contributed by atoms with Gasteiger partial charge in [-0.2, -0.15) is 0 Å². The fourth-order valence-corrected chi connectivity index (χ4v) is 2.39. The molecule has 1 saturated heterocycles. The van der Waals surface area contributed by atoms with Gasteiger partial charge in [0.25, 0.3) is 0 Å². The Morgan fingerprint density at radius 1 is 1.29 bits per heavy atom. The number of rotatable bonds is 2. The number of para-hydroxylation sites is 1. The number of hydrogen-bond acceptors (Lipinski definition) is 3. The van der Waals surface area contributed by atoms with Gasteiger partial charge in [0.1, 0.15) is 5.82 Å². The maximum Gasteiger partial charge on any atom is 0.316 e. The molecule has 0 spiro atoms. The third kappa shape index (κ3) is 3.58. The van der Waals surface area contributed by atoms with Crippen LogP contribution in [0.25, 0.3) is 0 Å². The van der Waals surface area contributed by atoms with Crippen LogP contribution in [0.5, 0.6) is 0 Å². The largest absolute Gasteiger partial charge is 0.333 e. The maximum atomic E-state index is 13.8. The fourth-order valence-electron chi connectivity index (χ4n) is 2.39. The number of hydrogen-bond donors (Lipinski definition) is 1. The van der Waals surface area contributed by atoms with Crippen molar-refractivity contribution in [2.24, 2.45) is 0 Å². The minimum absolute atomic E-state index is 0.145. The van der Waals surface area contributed by atoms with E-state index < -0.39 is 17.6 Å². The van der Waals surface area contributed by atoms with Gasteiger partial charge in [0, 0.05) is 26.2 Å². The van der Waals surface area contributed by atoms with E-state index >= 15 is 0 Å². The molecule has 1 heterocycles. The van der Waals surface area contributed by atoms with Crippen molar-refractivity contribution >= 4 is 17.5 Å². The first kappa shape index (κ1) is 15.4. The summed E-state index contributed by atoms with van der Waals surface area (Å²) in [6.45, 7) is 4.53. The van der Waals surface area contributed by atoms with Crippen molar-refractivity contribution in [2.75, 3.05) is 37.6 Å². The van der Waals surface area contributed by atoms with Crippen molar-refractivity contribution in [2.45, 2.75) is 13.3 Å². The summed E-state index contributed by atoms with van der Waals surface area (Å²) < 4.78 is 13.8. The second kappa shape index (κ2) is 7.17. The lowest BCUT2D eigenvalue weighted by Crippen LogP contribution is -2.46. The topological polar surface area (TPSA) is 52.7 Å². The van der Waals surface area contributed by atoms with Gasteiger partial charge >= 0.3 is 11.8 Å². The van der Waals surface area contributed by atoms with E-state index in [1.165, 1.54) is 21.9 Å². The zero-order valence-corrected chi connectivity index (χ0v) is 12.1. The lowest BCUT2D eigenvalue weighted by atomic mass is 10.2. The summed E-state index contributed by atoms with van der Waals surface area (Å²) in [5.74, 6) is -1.74. The molecule has 0 saturated carbocycles. The van der Waals surface area contributed by atoms with Crippen LogP contribution in [0.1, 0.15) is 13.3 Å². The highest BCUT2D eigenvalue weighted by Gasteiger charge is 2.28. The molecule has 0 bridgehead atoms. The molecule has 1 N–H and O–H groups in total. The zero-order chi connectivity index (χ0) is 15.2. The van der Waals surface area contributed by atoms with Gasteiger partial charge in [-0.05, 0) is 32.0 Å². The van der Waals surface area contributed by atoms with E-state index in [1.807, 2.05) is 0 Å². The van der Waals surface area contributed by atoms with E-state index in [1.54, 1.807) is 19.1 Å². The molecule has 1 fully saturated rings. The van der Waals surface area contributed by atoms with Gasteiger partial charge in [-0.15, -0.1) is 0 Å². The van der Waals surface area contributed by atoms with Crippen LogP contribution >= 0.6 is 0 Å². The summed E-state index contributed by atoms with van der Waals surface area (Å²) in [4.78, 5) is 27.4. The summed E-state index contributed by atoms with van der Waals surface area (Å²) >= 11 is 0. The first-order valence-electron chi connectivity index (χ1n) is 7.21. The predicted molar refractivity (Wildman–Crippen MR) is 78.5 cm³/mol. The molecule has 21 heavy (non-hydrogen) atoms. The van der Waals surface area contributed by atoms with E-state index in [9.17, 15) is 14.0 Å². The number of halogens is 1.